The van der Waals surface area contributed by atoms with Crippen LogP contribution in [0.15, 0.2) is 91.2 Å². The van der Waals surface area contributed by atoms with Gasteiger partial charge in [0, 0.05) is 36.5 Å². The average Bonchev–Trinajstić information content (AvgIpc) is 2.93. The Morgan fingerprint density at radius 3 is 2.03 bits per heavy atom. The summed E-state index contributed by atoms with van der Waals surface area (Å²) >= 11 is 0. The molecule has 0 N–H and O–H groups in total. The first-order valence-corrected chi connectivity index (χ1v) is 11.3. The van der Waals surface area contributed by atoms with Gasteiger partial charge in [-0.15, -0.1) is 10.2 Å². The van der Waals surface area contributed by atoms with Crippen LogP contribution in [0.4, 0.5) is 11.4 Å². The summed E-state index contributed by atoms with van der Waals surface area (Å²) in [5, 5.41) is 0. The van der Waals surface area contributed by atoms with Crippen LogP contribution in [0, 0.1) is 10.2 Å². The van der Waals surface area contributed by atoms with Crippen molar-refractivity contribution in [3.05, 3.63) is 96.7 Å². The number of hydrogen-bond acceptors (Lipinski definition) is 5. The first-order chi connectivity index (χ1) is 15.4. The highest BCUT2D eigenvalue weighted by atomic mass is 35.7. The second-order valence-electron chi connectivity index (χ2n) is 7.77. The Bertz CT molecular complexity index is 1080. The van der Waals surface area contributed by atoms with Gasteiger partial charge in [0.2, 0.25) is 11.6 Å². The van der Waals surface area contributed by atoms with Crippen LogP contribution in [0.2, 0.25) is 0 Å². The molecule has 2 aromatic rings. The lowest BCUT2D eigenvalue weighted by molar-refractivity contribution is -2.00. The number of fused-ring (bicyclic) bond motifs is 1. The predicted molar refractivity (Wildman–Crippen MR) is 117 cm³/mol. The molecule has 8 heteroatoms. The standard InChI is InChI=1S/C25H27N2O.ClHO4/c1-20(28)27(21-14-8-7-9-15-21)19-13-6-5-10-18-24-25(2,3)22-16-11-12-17-23(22)26(24)4;2-1(3,4)5/h5-19H,1-4H3;(H,2,3,4,5)/q+1;/p-1. The topological polar surface area (TPSA) is 116 Å². The number of halogens is 1. The molecular weight excluding hydrogens is 444 g/mol. The third-order valence-corrected chi connectivity index (χ3v) is 5.14. The summed E-state index contributed by atoms with van der Waals surface area (Å²) in [6.07, 6.45) is 11.8. The molecule has 1 amide bonds. The number of rotatable bonds is 5. The molecule has 33 heavy (non-hydrogen) atoms. The molecule has 0 atom stereocenters. The third kappa shape index (κ3) is 7.49. The lowest BCUT2D eigenvalue weighted by Crippen LogP contribution is -2.68. The van der Waals surface area contributed by atoms with Crippen LogP contribution < -0.4 is 23.5 Å². The molecule has 174 valence electrons. The van der Waals surface area contributed by atoms with Crippen molar-refractivity contribution in [2.75, 3.05) is 11.9 Å². The van der Waals surface area contributed by atoms with E-state index < -0.39 is 10.2 Å². The zero-order chi connectivity index (χ0) is 24.6. The smallest absolute Gasteiger partial charge is 0.227 e. The quantitative estimate of drug-likeness (QED) is 0.469. The number of amides is 1. The van der Waals surface area contributed by atoms with Gasteiger partial charge in [-0.25, -0.2) is 18.6 Å². The first kappa shape index (κ1) is 26.2. The van der Waals surface area contributed by atoms with E-state index in [9.17, 15) is 4.79 Å². The van der Waals surface area contributed by atoms with Gasteiger partial charge in [-0.2, -0.15) is 4.58 Å². The number of allylic oxidation sites excluding steroid dienone is 5. The maximum absolute atomic E-state index is 11.9. The molecule has 2 aromatic carbocycles. The van der Waals surface area contributed by atoms with Crippen molar-refractivity contribution in [2.24, 2.45) is 0 Å². The molecule has 3 rings (SSSR count). The van der Waals surface area contributed by atoms with Gasteiger partial charge in [0.15, 0.2) is 5.71 Å². The minimum atomic E-state index is -4.94. The highest BCUT2D eigenvalue weighted by Crippen LogP contribution is 2.38. The molecule has 0 radical (unpaired) electrons. The van der Waals surface area contributed by atoms with Crippen LogP contribution >= 0.6 is 0 Å². The van der Waals surface area contributed by atoms with Gasteiger partial charge in [-0.3, -0.25) is 9.69 Å². The SMILES string of the molecule is CC(=O)N(/C=C/C=C/C=C/C1=[N+](C)c2ccccc2C1(C)C)c1ccccc1.[O-][Cl+3]([O-])([O-])[O-]. The van der Waals surface area contributed by atoms with Crippen LogP contribution in [-0.4, -0.2) is 23.2 Å². The third-order valence-electron chi connectivity index (χ3n) is 5.14. The minimum Gasteiger partial charge on any atom is -0.288 e. The first-order valence-electron chi connectivity index (χ1n) is 10.1. The Kier molecular flexibility index (Phi) is 8.87. The van der Waals surface area contributed by atoms with E-state index in [1.807, 2.05) is 54.6 Å². The highest BCUT2D eigenvalue weighted by Gasteiger charge is 2.42. The number of anilines is 1. The summed E-state index contributed by atoms with van der Waals surface area (Å²) in [7, 11) is -2.83. The van der Waals surface area contributed by atoms with E-state index in [1.165, 1.54) is 17.0 Å². The second-order valence-corrected chi connectivity index (χ2v) is 8.53. The van der Waals surface area contributed by atoms with Gasteiger partial charge in [-0.1, -0.05) is 54.6 Å². The number of para-hydroxylation sites is 2. The van der Waals surface area contributed by atoms with Gasteiger partial charge in [0.25, 0.3) is 0 Å². The Morgan fingerprint density at radius 2 is 1.45 bits per heavy atom. The average molecular weight is 471 g/mol. The molecule has 0 fully saturated rings. The van der Waals surface area contributed by atoms with Gasteiger partial charge < -0.3 is 0 Å². The maximum atomic E-state index is 11.9. The van der Waals surface area contributed by atoms with Crippen molar-refractivity contribution >= 4 is 23.0 Å². The van der Waals surface area contributed by atoms with Crippen LogP contribution in [0.5, 0.6) is 0 Å². The van der Waals surface area contributed by atoms with Crippen molar-refractivity contribution in [3.8, 4) is 0 Å². The Labute approximate surface area is 196 Å². The van der Waals surface area contributed by atoms with E-state index in [0.29, 0.717) is 0 Å². The molecule has 0 bridgehead atoms. The fraction of sp³-hybridized carbons (Fsp3) is 0.200. The van der Waals surface area contributed by atoms with E-state index in [1.54, 1.807) is 18.0 Å². The lowest BCUT2D eigenvalue weighted by atomic mass is 9.81. The van der Waals surface area contributed by atoms with Crippen LogP contribution in [0.1, 0.15) is 26.3 Å². The number of hydrogen-bond donors (Lipinski definition) is 0. The largest absolute Gasteiger partial charge is 0.288 e. The van der Waals surface area contributed by atoms with Gasteiger partial charge in [0.1, 0.15) is 7.05 Å². The molecule has 0 spiro atoms. The molecule has 0 unspecified atom stereocenters. The molecule has 0 aromatic heterocycles. The fourth-order valence-corrected chi connectivity index (χ4v) is 3.67. The highest BCUT2D eigenvalue weighted by molar-refractivity contribution is 6.03. The monoisotopic (exact) mass is 470 g/mol. The van der Waals surface area contributed by atoms with Crippen LogP contribution in [0.25, 0.3) is 0 Å². The van der Waals surface area contributed by atoms with Crippen molar-refractivity contribution in [1.29, 1.82) is 0 Å². The molecule has 0 aliphatic carbocycles. The summed E-state index contributed by atoms with van der Waals surface area (Å²) in [6, 6.07) is 18.2. The molecule has 1 heterocycles. The van der Waals surface area contributed by atoms with Crippen molar-refractivity contribution in [1.82, 2.24) is 0 Å². The summed E-state index contributed by atoms with van der Waals surface area (Å²) < 4.78 is 36.2. The Hall–Kier alpha value is -3.07. The normalized spacial score (nSPS) is 15.2. The summed E-state index contributed by atoms with van der Waals surface area (Å²) in [5.41, 5.74) is 4.70. The van der Waals surface area contributed by atoms with Gasteiger partial charge in [0.05, 0.1) is 5.41 Å². The van der Waals surface area contributed by atoms with Crippen molar-refractivity contribution in [3.63, 3.8) is 0 Å². The molecule has 0 saturated carbocycles. The number of carbonyl (C=O) groups is 1. The molecule has 7 nitrogen and oxygen atoms in total. The number of nitrogens with zero attached hydrogens (tertiary/aromatic N) is 2. The molecular formula is C25H27ClN2O5. The van der Waals surface area contributed by atoms with Crippen LogP contribution in [0.3, 0.4) is 0 Å². The second kappa shape index (κ2) is 11.2. The van der Waals surface area contributed by atoms with Crippen molar-refractivity contribution < 1.29 is 38.2 Å². The van der Waals surface area contributed by atoms with E-state index in [-0.39, 0.29) is 11.3 Å². The van der Waals surface area contributed by atoms with E-state index in [4.69, 9.17) is 18.6 Å². The lowest BCUT2D eigenvalue weighted by Gasteiger charge is -2.17. The molecule has 0 saturated heterocycles. The summed E-state index contributed by atoms with van der Waals surface area (Å²) in [5.74, 6) is -0.0194. The number of carbonyl (C=O) groups excluding carboxylic acids is 1. The van der Waals surface area contributed by atoms with Crippen LogP contribution in [-0.2, 0) is 10.2 Å². The zero-order valence-electron chi connectivity index (χ0n) is 19.0. The minimum absolute atomic E-state index is 0.0194. The van der Waals surface area contributed by atoms with E-state index in [0.717, 1.165) is 5.69 Å². The van der Waals surface area contributed by atoms with Gasteiger partial charge >= 0.3 is 0 Å². The summed E-state index contributed by atoms with van der Waals surface area (Å²) in [6.45, 7) is 6.07. The Morgan fingerprint density at radius 1 is 0.909 bits per heavy atom. The molecule has 1 aliphatic rings. The Balaban J connectivity index is 0.000000696. The maximum Gasteiger partial charge on any atom is 0.227 e. The number of benzene rings is 2. The fourth-order valence-electron chi connectivity index (χ4n) is 3.67. The van der Waals surface area contributed by atoms with E-state index >= 15 is 0 Å². The zero-order valence-corrected chi connectivity index (χ0v) is 19.7. The van der Waals surface area contributed by atoms with E-state index in [2.05, 4.69) is 55.8 Å². The van der Waals surface area contributed by atoms with Crippen molar-refractivity contribution in [2.45, 2.75) is 26.2 Å². The summed E-state index contributed by atoms with van der Waals surface area (Å²) in [4.78, 5) is 13.5. The predicted octanol–water partition coefficient (Wildman–Crippen LogP) is 0.616. The van der Waals surface area contributed by atoms with Gasteiger partial charge in [-0.05, 0) is 32.1 Å². The molecule has 1 aliphatic heterocycles.